The molecule has 0 aromatic carbocycles. The zero-order chi connectivity index (χ0) is 15.7. The third-order valence-corrected chi connectivity index (χ3v) is 5.67. The largest absolute Gasteiger partial charge is 0.378 e. The van der Waals surface area contributed by atoms with Crippen LogP contribution in [-0.4, -0.2) is 73.7 Å². The number of hydrogen-bond acceptors (Lipinski definition) is 4. The Morgan fingerprint density at radius 2 is 2.27 bits per heavy atom. The lowest BCUT2D eigenvalue weighted by molar-refractivity contribution is -0.203. The molecule has 1 saturated heterocycles. The Balaban J connectivity index is 1.58. The van der Waals surface area contributed by atoms with Gasteiger partial charge in [-0.2, -0.15) is 0 Å². The van der Waals surface area contributed by atoms with Gasteiger partial charge in [-0.25, -0.2) is 0 Å². The molecule has 2 saturated carbocycles. The molecule has 3 fully saturated rings. The highest BCUT2D eigenvalue weighted by atomic mass is 16.5. The van der Waals surface area contributed by atoms with Crippen molar-refractivity contribution in [1.29, 1.82) is 0 Å². The Kier molecular flexibility index (Phi) is 4.41. The average molecular weight is 310 g/mol. The van der Waals surface area contributed by atoms with Crippen LogP contribution >= 0.6 is 0 Å². The minimum atomic E-state index is -0.0906. The summed E-state index contributed by atoms with van der Waals surface area (Å²) in [5, 5.41) is 0. The number of likely N-dealkylation sites (N-methyl/N-ethyl adjacent to an activating group) is 1. The summed E-state index contributed by atoms with van der Waals surface area (Å²) in [5.41, 5.74) is 0.176. The van der Waals surface area contributed by atoms with Crippen molar-refractivity contribution >= 4 is 11.8 Å². The molecule has 0 radical (unpaired) electrons. The topological polar surface area (TPSA) is 59.1 Å². The molecule has 3 aliphatic rings. The molecule has 0 N–H and O–H groups in total. The van der Waals surface area contributed by atoms with E-state index in [9.17, 15) is 9.59 Å². The summed E-state index contributed by atoms with van der Waals surface area (Å²) in [5.74, 6) is -0.0615. The summed E-state index contributed by atoms with van der Waals surface area (Å²) < 4.78 is 10.9. The van der Waals surface area contributed by atoms with Crippen LogP contribution in [0.15, 0.2) is 0 Å². The van der Waals surface area contributed by atoms with E-state index in [1.807, 2.05) is 18.9 Å². The molecule has 2 amide bonds. The first-order chi connectivity index (χ1) is 10.6. The fourth-order valence-corrected chi connectivity index (χ4v) is 4.11. The van der Waals surface area contributed by atoms with Crippen LogP contribution in [0.25, 0.3) is 0 Å². The first-order valence-corrected chi connectivity index (χ1v) is 8.31. The van der Waals surface area contributed by atoms with Crippen LogP contribution < -0.4 is 0 Å². The Labute approximate surface area is 131 Å². The molecule has 22 heavy (non-hydrogen) atoms. The van der Waals surface area contributed by atoms with Gasteiger partial charge in [-0.15, -0.1) is 0 Å². The summed E-state index contributed by atoms with van der Waals surface area (Å²) in [4.78, 5) is 27.7. The number of nitrogens with zero attached hydrogens (tertiary/aromatic N) is 2. The van der Waals surface area contributed by atoms with E-state index in [0.29, 0.717) is 19.3 Å². The van der Waals surface area contributed by atoms with Gasteiger partial charge in [-0.1, -0.05) is 6.42 Å². The SMILES string of the molecule is CCO[C@@H]1C[C@@H](N(C)C(=O)CN2CCOCC2=O)C12CCC2. The molecule has 1 heterocycles. The summed E-state index contributed by atoms with van der Waals surface area (Å²) in [6.45, 7) is 4.05. The van der Waals surface area contributed by atoms with Crippen LogP contribution in [0, 0.1) is 5.41 Å². The van der Waals surface area contributed by atoms with E-state index in [1.165, 1.54) is 6.42 Å². The maximum absolute atomic E-state index is 12.5. The standard InChI is InChI=1S/C16H26N2O4/c1-3-22-13-9-12(16(13)5-4-6-16)17(2)14(19)10-18-7-8-21-11-15(18)20/h12-13H,3-11H2,1-2H3/t12-,13-/m1/s1. The molecule has 6 heteroatoms. The van der Waals surface area contributed by atoms with Gasteiger partial charge in [-0.3, -0.25) is 9.59 Å². The van der Waals surface area contributed by atoms with Crippen molar-refractivity contribution in [2.45, 2.75) is 44.8 Å². The quantitative estimate of drug-likeness (QED) is 0.748. The second-order valence-corrected chi connectivity index (χ2v) is 6.65. The van der Waals surface area contributed by atoms with E-state index in [-0.39, 0.29) is 36.4 Å². The fraction of sp³-hybridized carbons (Fsp3) is 0.875. The van der Waals surface area contributed by atoms with Crippen LogP contribution in [0.1, 0.15) is 32.6 Å². The smallest absolute Gasteiger partial charge is 0.249 e. The molecule has 124 valence electrons. The first kappa shape index (κ1) is 15.7. The number of carbonyl (C=O) groups is 2. The predicted molar refractivity (Wildman–Crippen MR) is 80.3 cm³/mol. The molecule has 2 aliphatic carbocycles. The van der Waals surface area contributed by atoms with Crippen molar-refractivity contribution in [3.63, 3.8) is 0 Å². The monoisotopic (exact) mass is 310 g/mol. The Hall–Kier alpha value is -1.14. The maximum atomic E-state index is 12.5. The molecule has 3 rings (SSSR count). The molecular weight excluding hydrogens is 284 g/mol. The lowest BCUT2D eigenvalue weighted by atomic mass is 9.50. The number of carbonyl (C=O) groups excluding carboxylic acids is 2. The Morgan fingerprint density at radius 1 is 1.50 bits per heavy atom. The number of morpholine rings is 1. The van der Waals surface area contributed by atoms with Crippen molar-refractivity contribution in [1.82, 2.24) is 9.80 Å². The van der Waals surface area contributed by atoms with Gasteiger partial charge in [0.05, 0.1) is 19.3 Å². The maximum Gasteiger partial charge on any atom is 0.249 e. The van der Waals surface area contributed by atoms with Gasteiger partial charge in [-0.05, 0) is 26.2 Å². The van der Waals surface area contributed by atoms with Crippen molar-refractivity contribution in [2.24, 2.45) is 5.41 Å². The predicted octanol–water partition coefficient (Wildman–Crippen LogP) is 0.651. The van der Waals surface area contributed by atoms with Crippen molar-refractivity contribution < 1.29 is 19.1 Å². The van der Waals surface area contributed by atoms with Crippen LogP contribution in [0.4, 0.5) is 0 Å². The van der Waals surface area contributed by atoms with Crippen LogP contribution in [0.5, 0.6) is 0 Å². The Morgan fingerprint density at radius 3 is 2.86 bits per heavy atom. The van der Waals surface area contributed by atoms with E-state index in [0.717, 1.165) is 25.9 Å². The van der Waals surface area contributed by atoms with Gasteiger partial charge in [0.1, 0.15) is 6.61 Å². The minimum absolute atomic E-state index is 0.0291. The van der Waals surface area contributed by atoms with Crippen LogP contribution in [-0.2, 0) is 19.1 Å². The zero-order valence-corrected chi connectivity index (χ0v) is 13.5. The second-order valence-electron chi connectivity index (χ2n) is 6.65. The van der Waals surface area contributed by atoms with Crippen molar-refractivity contribution in [2.75, 3.05) is 40.0 Å². The fourth-order valence-electron chi connectivity index (χ4n) is 4.11. The van der Waals surface area contributed by atoms with Gasteiger partial charge in [0.15, 0.2) is 0 Å². The second kappa shape index (κ2) is 6.16. The van der Waals surface area contributed by atoms with Gasteiger partial charge in [0.25, 0.3) is 0 Å². The Bertz CT molecular complexity index is 449. The molecule has 0 unspecified atom stereocenters. The lowest BCUT2D eigenvalue weighted by Crippen LogP contribution is -2.68. The van der Waals surface area contributed by atoms with E-state index in [2.05, 4.69) is 0 Å². The van der Waals surface area contributed by atoms with E-state index < -0.39 is 0 Å². The highest BCUT2D eigenvalue weighted by Crippen LogP contribution is 2.58. The lowest BCUT2D eigenvalue weighted by Gasteiger charge is -2.63. The molecule has 6 nitrogen and oxygen atoms in total. The molecular formula is C16H26N2O4. The van der Waals surface area contributed by atoms with E-state index in [4.69, 9.17) is 9.47 Å². The zero-order valence-electron chi connectivity index (χ0n) is 13.5. The molecule has 0 aromatic rings. The summed E-state index contributed by atoms with van der Waals surface area (Å²) in [6.07, 6.45) is 4.75. The molecule has 1 aliphatic heterocycles. The van der Waals surface area contributed by atoms with E-state index in [1.54, 1.807) is 4.90 Å². The van der Waals surface area contributed by atoms with Crippen molar-refractivity contribution in [3.8, 4) is 0 Å². The number of hydrogen-bond donors (Lipinski definition) is 0. The van der Waals surface area contributed by atoms with E-state index >= 15 is 0 Å². The highest BCUT2D eigenvalue weighted by molar-refractivity contribution is 5.85. The normalized spacial score (nSPS) is 29.9. The summed E-state index contributed by atoms with van der Waals surface area (Å²) >= 11 is 0. The van der Waals surface area contributed by atoms with Crippen molar-refractivity contribution in [3.05, 3.63) is 0 Å². The van der Waals surface area contributed by atoms with Gasteiger partial charge < -0.3 is 19.3 Å². The summed E-state index contributed by atoms with van der Waals surface area (Å²) in [7, 11) is 1.88. The van der Waals surface area contributed by atoms with Gasteiger partial charge in [0, 0.05) is 31.7 Å². The number of ether oxygens (including phenoxy) is 2. The molecule has 1 spiro atoms. The van der Waals surface area contributed by atoms with Gasteiger partial charge in [0.2, 0.25) is 11.8 Å². The third-order valence-electron chi connectivity index (χ3n) is 5.67. The average Bonchev–Trinajstić information content (AvgIpc) is 2.43. The number of rotatable bonds is 5. The first-order valence-electron chi connectivity index (χ1n) is 8.31. The molecule has 2 atom stereocenters. The summed E-state index contributed by atoms with van der Waals surface area (Å²) in [6, 6.07) is 0.265. The minimum Gasteiger partial charge on any atom is -0.378 e. The highest BCUT2D eigenvalue weighted by Gasteiger charge is 2.60. The van der Waals surface area contributed by atoms with Crippen LogP contribution in [0.2, 0.25) is 0 Å². The molecule has 0 aromatic heterocycles. The van der Waals surface area contributed by atoms with Gasteiger partial charge >= 0.3 is 0 Å². The number of amides is 2. The third kappa shape index (κ3) is 2.52. The van der Waals surface area contributed by atoms with Crippen LogP contribution in [0.3, 0.4) is 0 Å². The molecule has 0 bridgehead atoms.